The maximum atomic E-state index is 12.4. The normalized spacial score (nSPS) is 16.1. The molecular formula is C19H25N3O2S. The van der Waals surface area contributed by atoms with Gasteiger partial charge in [-0.3, -0.25) is 15.0 Å². The zero-order valence-corrected chi connectivity index (χ0v) is 15.6. The average molecular weight is 359 g/mol. The summed E-state index contributed by atoms with van der Waals surface area (Å²) in [6.45, 7) is 5.94. The molecule has 0 saturated carbocycles. The molecule has 2 aromatic rings. The van der Waals surface area contributed by atoms with Gasteiger partial charge in [0.05, 0.1) is 12.3 Å². The fourth-order valence-corrected chi connectivity index (χ4v) is 3.72. The second kappa shape index (κ2) is 8.56. The molecule has 0 atom stereocenters. The Hall–Kier alpha value is -1.76. The van der Waals surface area contributed by atoms with Crippen LogP contribution in [0.2, 0.25) is 0 Å². The van der Waals surface area contributed by atoms with Gasteiger partial charge in [-0.15, -0.1) is 11.3 Å². The third kappa shape index (κ3) is 5.11. The summed E-state index contributed by atoms with van der Waals surface area (Å²) in [5.74, 6) is 0.695. The molecule has 1 N–H and O–H groups in total. The first-order chi connectivity index (χ1) is 12.1. The van der Waals surface area contributed by atoms with Crippen LogP contribution in [0.5, 0.6) is 0 Å². The summed E-state index contributed by atoms with van der Waals surface area (Å²) in [7, 11) is 1.65. The van der Waals surface area contributed by atoms with Gasteiger partial charge in [0.1, 0.15) is 0 Å². The number of anilines is 1. The molecule has 3 rings (SSSR count). The number of amides is 1. The minimum atomic E-state index is -0.134. The van der Waals surface area contributed by atoms with Crippen LogP contribution in [0.4, 0.5) is 5.13 Å². The number of hydrogen-bond acceptors (Lipinski definition) is 5. The molecule has 0 aliphatic carbocycles. The molecule has 1 aliphatic rings. The predicted molar refractivity (Wildman–Crippen MR) is 101 cm³/mol. The number of benzene rings is 1. The lowest BCUT2D eigenvalue weighted by molar-refractivity contribution is 0.102. The number of hydrogen-bond donors (Lipinski definition) is 1. The van der Waals surface area contributed by atoms with Gasteiger partial charge in [0, 0.05) is 24.6 Å². The molecule has 1 aromatic carbocycles. The molecule has 1 fully saturated rings. The summed E-state index contributed by atoms with van der Waals surface area (Å²) in [6.07, 6.45) is 2.51. The molecule has 1 amide bonds. The highest BCUT2D eigenvalue weighted by molar-refractivity contribution is 7.13. The number of carbonyl (C=O) groups is 1. The smallest absolute Gasteiger partial charge is 0.257 e. The quantitative estimate of drug-likeness (QED) is 0.853. The van der Waals surface area contributed by atoms with E-state index in [-0.39, 0.29) is 5.91 Å². The average Bonchev–Trinajstić information content (AvgIpc) is 3.04. The van der Waals surface area contributed by atoms with E-state index in [0.29, 0.717) is 17.3 Å². The zero-order chi connectivity index (χ0) is 17.6. The maximum Gasteiger partial charge on any atom is 0.257 e. The molecule has 1 saturated heterocycles. The Morgan fingerprint density at radius 1 is 1.40 bits per heavy atom. The van der Waals surface area contributed by atoms with Crippen molar-refractivity contribution in [3.63, 3.8) is 0 Å². The molecular weight excluding hydrogens is 334 g/mol. The monoisotopic (exact) mass is 359 g/mol. The predicted octanol–water partition coefficient (Wildman–Crippen LogP) is 3.77. The second-order valence-corrected chi connectivity index (χ2v) is 7.55. The first-order valence-electron chi connectivity index (χ1n) is 8.70. The number of aromatic nitrogens is 1. The minimum Gasteiger partial charge on any atom is -0.380 e. The maximum absolute atomic E-state index is 12.4. The van der Waals surface area contributed by atoms with Crippen LogP contribution in [0.1, 0.15) is 41.4 Å². The van der Waals surface area contributed by atoms with E-state index in [1.807, 2.05) is 23.6 Å². The van der Waals surface area contributed by atoms with Gasteiger partial charge >= 0.3 is 0 Å². The van der Waals surface area contributed by atoms with E-state index in [1.54, 1.807) is 13.2 Å². The van der Waals surface area contributed by atoms with Crippen molar-refractivity contribution in [3.8, 4) is 0 Å². The number of nitrogens with one attached hydrogen (secondary N) is 1. The van der Waals surface area contributed by atoms with Gasteiger partial charge in [-0.2, -0.15) is 0 Å². The zero-order valence-electron chi connectivity index (χ0n) is 14.8. The highest BCUT2D eigenvalue weighted by Crippen LogP contribution is 2.21. The Labute approximate surface area is 153 Å². The first-order valence-corrected chi connectivity index (χ1v) is 9.58. The number of likely N-dealkylation sites (tertiary alicyclic amines) is 1. The third-order valence-corrected chi connectivity index (χ3v) is 5.34. The Kier molecular flexibility index (Phi) is 6.18. The highest BCUT2D eigenvalue weighted by atomic mass is 32.1. The second-order valence-electron chi connectivity index (χ2n) is 6.69. The largest absolute Gasteiger partial charge is 0.380 e. The van der Waals surface area contributed by atoms with E-state index in [2.05, 4.69) is 22.1 Å². The molecule has 0 radical (unpaired) electrons. The van der Waals surface area contributed by atoms with Gasteiger partial charge in [0.2, 0.25) is 0 Å². The van der Waals surface area contributed by atoms with Crippen LogP contribution in [0.3, 0.4) is 0 Å². The summed E-state index contributed by atoms with van der Waals surface area (Å²) in [6, 6.07) is 7.47. The summed E-state index contributed by atoms with van der Waals surface area (Å²) >= 11 is 1.48. The fourth-order valence-electron chi connectivity index (χ4n) is 3.02. The molecule has 5 nitrogen and oxygen atoms in total. The van der Waals surface area contributed by atoms with E-state index < -0.39 is 0 Å². The van der Waals surface area contributed by atoms with Gasteiger partial charge in [0.15, 0.2) is 5.13 Å². The number of thiazole rings is 1. The molecule has 0 unspecified atom stereocenters. The van der Waals surface area contributed by atoms with Crippen LogP contribution in [0.25, 0.3) is 0 Å². The number of nitrogens with zero attached hydrogens (tertiary/aromatic N) is 2. The minimum absolute atomic E-state index is 0.134. The summed E-state index contributed by atoms with van der Waals surface area (Å²) in [5.41, 5.74) is 2.63. The van der Waals surface area contributed by atoms with Crippen molar-refractivity contribution in [2.75, 3.05) is 25.5 Å². The van der Waals surface area contributed by atoms with Gasteiger partial charge < -0.3 is 4.74 Å². The lowest BCUT2D eigenvalue weighted by Gasteiger charge is -2.29. The first kappa shape index (κ1) is 18.0. The van der Waals surface area contributed by atoms with Crippen LogP contribution >= 0.6 is 11.3 Å². The summed E-state index contributed by atoms with van der Waals surface area (Å²) in [4.78, 5) is 19.4. The van der Waals surface area contributed by atoms with Gasteiger partial charge in [-0.25, -0.2) is 4.98 Å². The Morgan fingerprint density at radius 3 is 2.96 bits per heavy atom. The Bertz CT molecular complexity index is 708. The van der Waals surface area contributed by atoms with E-state index in [0.717, 1.165) is 36.8 Å². The number of methoxy groups -OCH3 is 1. The van der Waals surface area contributed by atoms with E-state index in [1.165, 1.54) is 24.2 Å². The molecule has 0 spiro atoms. The van der Waals surface area contributed by atoms with Gasteiger partial charge in [-0.05, 0) is 49.5 Å². The van der Waals surface area contributed by atoms with E-state index in [4.69, 9.17) is 4.74 Å². The topological polar surface area (TPSA) is 54.5 Å². The van der Waals surface area contributed by atoms with Crippen LogP contribution in [0, 0.1) is 5.92 Å². The molecule has 1 aliphatic heterocycles. The van der Waals surface area contributed by atoms with Crippen molar-refractivity contribution >= 4 is 22.4 Å². The highest BCUT2D eigenvalue weighted by Gasteiger charge is 2.17. The number of rotatable bonds is 6. The van der Waals surface area contributed by atoms with Crippen molar-refractivity contribution in [2.45, 2.75) is 32.9 Å². The SMILES string of the molecule is COCc1cccc(C(=O)Nc2nc(CN3CCC(C)CC3)cs2)c1. The van der Waals surface area contributed by atoms with Crippen LogP contribution in [-0.2, 0) is 17.9 Å². The van der Waals surface area contributed by atoms with Crippen molar-refractivity contribution in [1.82, 2.24) is 9.88 Å². The number of piperidine rings is 1. The number of carbonyl (C=O) groups excluding carboxylic acids is 1. The van der Waals surface area contributed by atoms with Crippen molar-refractivity contribution in [3.05, 3.63) is 46.5 Å². The third-order valence-electron chi connectivity index (χ3n) is 4.53. The molecule has 0 bridgehead atoms. The summed E-state index contributed by atoms with van der Waals surface area (Å²) < 4.78 is 5.12. The van der Waals surface area contributed by atoms with Crippen LogP contribution in [-0.4, -0.2) is 36.0 Å². The molecule has 25 heavy (non-hydrogen) atoms. The molecule has 1 aromatic heterocycles. The summed E-state index contributed by atoms with van der Waals surface area (Å²) in [5, 5.41) is 5.59. The van der Waals surface area contributed by atoms with Crippen molar-refractivity contribution in [1.29, 1.82) is 0 Å². The molecule has 6 heteroatoms. The van der Waals surface area contributed by atoms with E-state index >= 15 is 0 Å². The number of ether oxygens (including phenoxy) is 1. The van der Waals surface area contributed by atoms with E-state index in [9.17, 15) is 4.79 Å². The lowest BCUT2D eigenvalue weighted by Crippen LogP contribution is -2.32. The Balaban J connectivity index is 1.57. The Morgan fingerprint density at radius 2 is 2.20 bits per heavy atom. The fraction of sp³-hybridized carbons (Fsp3) is 0.474. The molecule has 2 heterocycles. The van der Waals surface area contributed by atoms with Gasteiger partial charge in [0.25, 0.3) is 5.91 Å². The lowest BCUT2D eigenvalue weighted by atomic mass is 9.99. The van der Waals surface area contributed by atoms with Crippen LogP contribution < -0.4 is 5.32 Å². The van der Waals surface area contributed by atoms with Crippen molar-refractivity contribution in [2.24, 2.45) is 5.92 Å². The van der Waals surface area contributed by atoms with Gasteiger partial charge in [-0.1, -0.05) is 19.1 Å². The standard InChI is InChI=1S/C19H25N3O2S/c1-14-6-8-22(9-7-14)11-17-13-25-19(20-17)21-18(23)16-5-3-4-15(10-16)12-24-2/h3-5,10,13-14H,6-9,11-12H2,1-2H3,(H,20,21,23). The van der Waals surface area contributed by atoms with Crippen molar-refractivity contribution < 1.29 is 9.53 Å². The van der Waals surface area contributed by atoms with Crippen LogP contribution in [0.15, 0.2) is 29.6 Å². The molecule has 134 valence electrons.